The summed E-state index contributed by atoms with van der Waals surface area (Å²) in [6.45, 7) is -1.87. The Morgan fingerprint density at radius 2 is 1.75 bits per heavy atom. The smallest absolute Gasteiger partial charge is 0.387 e. The highest BCUT2D eigenvalue weighted by Crippen LogP contribution is 2.27. The van der Waals surface area contributed by atoms with Gasteiger partial charge in [-0.05, 0) is 31.4 Å². The molecule has 7 nitrogen and oxygen atoms in total. The Morgan fingerprint density at radius 3 is 2.43 bits per heavy atom. The fourth-order valence-corrected chi connectivity index (χ4v) is 3.80. The highest BCUT2D eigenvalue weighted by atomic mass is 19.3. The van der Waals surface area contributed by atoms with Gasteiger partial charge >= 0.3 is 12.6 Å². The molecule has 2 aliphatic rings. The maximum atomic E-state index is 12.8. The number of nitrogens with zero attached hydrogens (tertiary/aromatic N) is 2. The van der Waals surface area contributed by atoms with Gasteiger partial charge in [-0.1, -0.05) is 12.1 Å². The molecule has 2 saturated heterocycles. The van der Waals surface area contributed by atoms with Crippen LogP contribution >= 0.6 is 0 Å². The molecule has 28 heavy (non-hydrogen) atoms. The first-order valence-corrected chi connectivity index (χ1v) is 9.21. The molecule has 1 aromatic rings. The lowest BCUT2D eigenvalue weighted by Gasteiger charge is -2.34. The van der Waals surface area contributed by atoms with Gasteiger partial charge in [0.25, 0.3) is 5.91 Å². The molecule has 0 bridgehead atoms. The molecule has 2 fully saturated rings. The number of halogens is 2. The second-order valence-electron chi connectivity index (χ2n) is 7.07. The van der Waals surface area contributed by atoms with Crippen molar-refractivity contribution in [2.45, 2.75) is 25.9 Å². The Morgan fingerprint density at radius 1 is 1.04 bits per heavy atom. The Bertz CT molecular complexity index is 758. The van der Waals surface area contributed by atoms with E-state index in [1.165, 1.54) is 23.1 Å². The van der Waals surface area contributed by atoms with Crippen molar-refractivity contribution in [1.29, 1.82) is 0 Å². The fraction of sp³-hybridized carbons (Fsp3) is 0.526. The van der Waals surface area contributed by atoms with Gasteiger partial charge in [-0.15, -0.1) is 0 Å². The first-order chi connectivity index (χ1) is 13.4. The second kappa shape index (κ2) is 8.53. The average Bonchev–Trinajstić information content (AvgIpc) is 3.17. The standard InChI is InChI=1S/C19H22F2N2O5/c20-19(21)28-15-6-2-1-5-14(15)17(25)22-8-3-4-12(10-22)16(24)23-9-7-13(11-23)18(26)27/h1-2,5-6,12-13,19H,3-4,7-11H2,(H,26,27). The Balaban J connectivity index is 1.67. The predicted molar refractivity (Wildman–Crippen MR) is 94.0 cm³/mol. The van der Waals surface area contributed by atoms with Crippen molar-refractivity contribution in [3.63, 3.8) is 0 Å². The van der Waals surface area contributed by atoms with E-state index in [1.807, 2.05) is 0 Å². The number of carbonyl (C=O) groups excluding carboxylic acids is 2. The molecule has 2 amide bonds. The van der Waals surface area contributed by atoms with Crippen molar-refractivity contribution >= 4 is 17.8 Å². The summed E-state index contributed by atoms with van der Waals surface area (Å²) >= 11 is 0. The van der Waals surface area contributed by atoms with Gasteiger partial charge in [-0.2, -0.15) is 8.78 Å². The average molecular weight is 396 g/mol. The van der Waals surface area contributed by atoms with Crippen molar-refractivity contribution in [2.24, 2.45) is 11.8 Å². The number of carboxylic acids is 1. The van der Waals surface area contributed by atoms with Crippen LogP contribution in [0.2, 0.25) is 0 Å². The number of rotatable bonds is 5. The van der Waals surface area contributed by atoms with E-state index in [4.69, 9.17) is 5.11 Å². The summed E-state index contributed by atoms with van der Waals surface area (Å²) in [5.74, 6) is -2.69. The number of benzene rings is 1. The monoisotopic (exact) mass is 396 g/mol. The SMILES string of the molecule is O=C(O)C1CCN(C(=O)C2CCCN(C(=O)c3ccccc3OC(F)F)C2)C1. The molecule has 9 heteroatoms. The molecule has 1 N–H and O–H groups in total. The van der Waals surface area contributed by atoms with E-state index < -0.39 is 30.3 Å². The summed E-state index contributed by atoms with van der Waals surface area (Å²) in [6.07, 6.45) is 1.64. The van der Waals surface area contributed by atoms with Gasteiger partial charge < -0.3 is 19.6 Å². The van der Waals surface area contributed by atoms with Gasteiger partial charge in [-0.25, -0.2) is 0 Å². The Kier molecular flexibility index (Phi) is 6.11. The number of hydrogen-bond donors (Lipinski definition) is 1. The number of likely N-dealkylation sites (tertiary alicyclic amines) is 2. The minimum absolute atomic E-state index is 0.0306. The molecular weight excluding hydrogens is 374 g/mol. The summed E-state index contributed by atoms with van der Waals surface area (Å²) in [6, 6.07) is 5.79. The molecule has 2 atom stereocenters. The Labute approximate surface area is 160 Å². The van der Waals surface area contributed by atoms with Crippen LogP contribution in [0.5, 0.6) is 5.75 Å². The third kappa shape index (κ3) is 4.40. The molecule has 3 rings (SSSR count). The quantitative estimate of drug-likeness (QED) is 0.823. The molecule has 2 heterocycles. The van der Waals surface area contributed by atoms with Gasteiger partial charge in [0.05, 0.1) is 17.4 Å². The van der Waals surface area contributed by atoms with Crippen LogP contribution in [0.25, 0.3) is 0 Å². The molecule has 0 aliphatic carbocycles. The highest BCUT2D eigenvalue weighted by molar-refractivity contribution is 5.97. The number of piperidine rings is 1. The first-order valence-electron chi connectivity index (χ1n) is 9.21. The minimum Gasteiger partial charge on any atom is -0.481 e. The third-order valence-electron chi connectivity index (χ3n) is 5.24. The summed E-state index contributed by atoms with van der Waals surface area (Å²) < 4.78 is 29.6. The zero-order valence-corrected chi connectivity index (χ0v) is 15.2. The van der Waals surface area contributed by atoms with Gasteiger partial charge in [-0.3, -0.25) is 14.4 Å². The van der Waals surface area contributed by atoms with E-state index in [1.54, 1.807) is 11.0 Å². The molecule has 152 valence electrons. The van der Waals surface area contributed by atoms with Crippen LogP contribution in [0.1, 0.15) is 29.6 Å². The van der Waals surface area contributed by atoms with Gasteiger partial charge in [0.1, 0.15) is 5.75 Å². The van der Waals surface area contributed by atoms with Crippen LogP contribution in [0.4, 0.5) is 8.78 Å². The molecular formula is C19H22F2N2O5. The number of carbonyl (C=O) groups is 3. The van der Waals surface area contributed by atoms with Gasteiger partial charge in [0, 0.05) is 26.2 Å². The first kappa shape index (κ1) is 20.0. The van der Waals surface area contributed by atoms with Crippen molar-refractivity contribution in [2.75, 3.05) is 26.2 Å². The lowest BCUT2D eigenvalue weighted by molar-refractivity contribution is -0.141. The van der Waals surface area contributed by atoms with Gasteiger partial charge in [0.2, 0.25) is 5.91 Å². The number of aliphatic carboxylic acids is 1. The second-order valence-corrected chi connectivity index (χ2v) is 7.07. The molecule has 2 aliphatic heterocycles. The van der Waals surface area contributed by atoms with Crippen LogP contribution < -0.4 is 4.74 Å². The predicted octanol–water partition coefficient (Wildman–Crippen LogP) is 2.07. The van der Waals surface area contributed by atoms with Crippen molar-refractivity contribution in [3.8, 4) is 5.75 Å². The normalized spacial score (nSPS) is 22.4. The number of alkyl halides is 2. The summed E-state index contributed by atoms with van der Waals surface area (Å²) in [7, 11) is 0. The topological polar surface area (TPSA) is 87.2 Å². The van der Waals surface area contributed by atoms with Crippen molar-refractivity contribution in [3.05, 3.63) is 29.8 Å². The minimum atomic E-state index is -3.04. The highest BCUT2D eigenvalue weighted by Gasteiger charge is 2.37. The number of amides is 2. The van der Waals surface area contributed by atoms with Crippen LogP contribution in [-0.2, 0) is 9.59 Å². The maximum Gasteiger partial charge on any atom is 0.387 e. The molecule has 0 spiro atoms. The van der Waals surface area contributed by atoms with Crippen LogP contribution in [0.15, 0.2) is 24.3 Å². The van der Waals surface area contributed by atoms with E-state index in [0.29, 0.717) is 32.4 Å². The summed E-state index contributed by atoms with van der Waals surface area (Å²) in [5.41, 5.74) is 0.0306. The van der Waals surface area contributed by atoms with Crippen LogP contribution in [0, 0.1) is 11.8 Å². The zero-order chi connectivity index (χ0) is 20.3. The molecule has 0 saturated carbocycles. The molecule has 2 unspecified atom stereocenters. The van der Waals surface area contributed by atoms with E-state index in [-0.39, 0.29) is 30.3 Å². The lowest BCUT2D eigenvalue weighted by Crippen LogP contribution is -2.46. The van der Waals surface area contributed by atoms with E-state index in [0.717, 1.165) is 0 Å². The number of hydrogen-bond acceptors (Lipinski definition) is 4. The van der Waals surface area contributed by atoms with Crippen LogP contribution in [-0.4, -0.2) is 65.5 Å². The molecule has 1 aromatic carbocycles. The zero-order valence-electron chi connectivity index (χ0n) is 15.2. The summed E-state index contributed by atoms with van der Waals surface area (Å²) in [4.78, 5) is 39.7. The molecule has 0 aromatic heterocycles. The van der Waals surface area contributed by atoms with E-state index in [9.17, 15) is 23.2 Å². The maximum absolute atomic E-state index is 12.8. The largest absolute Gasteiger partial charge is 0.481 e. The van der Waals surface area contributed by atoms with Crippen molar-refractivity contribution in [1.82, 2.24) is 9.80 Å². The van der Waals surface area contributed by atoms with E-state index >= 15 is 0 Å². The lowest BCUT2D eigenvalue weighted by atomic mass is 9.95. The summed E-state index contributed by atoms with van der Waals surface area (Å²) in [5, 5.41) is 9.10. The molecule has 0 radical (unpaired) electrons. The fourth-order valence-electron chi connectivity index (χ4n) is 3.80. The number of ether oxygens (including phenoxy) is 1. The van der Waals surface area contributed by atoms with E-state index in [2.05, 4.69) is 4.74 Å². The van der Waals surface area contributed by atoms with Crippen LogP contribution in [0.3, 0.4) is 0 Å². The number of para-hydroxylation sites is 1. The Hall–Kier alpha value is -2.71. The third-order valence-corrected chi connectivity index (χ3v) is 5.24. The number of carboxylic acid groups (broad SMARTS) is 1. The van der Waals surface area contributed by atoms with Crippen molar-refractivity contribution < 1.29 is 33.0 Å². The van der Waals surface area contributed by atoms with Gasteiger partial charge in [0.15, 0.2) is 0 Å².